The molecule has 0 radical (unpaired) electrons. The zero-order valence-corrected chi connectivity index (χ0v) is 20.7. The van der Waals surface area contributed by atoms with Crippen LogP contribution in [-0.2, 0) is 12.5 Å². The van der Waals surface area contributed by atoms with Crippen molar-refractivity contribution in [2.24, 2.45) is 24.6 Å². The molecule has 11 heteroatoms. The van der Waals surface area contributed by atoms with Gasteiger partial charge in [-0.1, -0.05) is 17.7 Å². The molecule has 37 heavy (non-hydrogen) atoms. The molecule has 0 bridgehead atoms. The molecule has 2 aliphatic rings. The highest BCUT2D eigenvalue weighted by Gasteiger charge is 2.67. The van der Waals surface area contributed by atoms with E-state index in [2.05, 4.69) is 25.2 Å². The summed E-state index contributed by atoms with van der Waals surface area (Å²) >= 11 is 6.71. The van der Waals surface area contributed by atoms with Crippen molar-refractivity contribution in [3.05, 3.63) is 64.9 Å². The van der Waals surface area contributed by atoms with Gasteiger partial charge in [-0.15, -0.1) is 0 Å². The van der Waals surface area contributed by atoms with Crippen LogP contribution >= 0.6 is 11.6 Å². The van der Waals surface area contributed by atoms with Gasteiger partial charge in [0.2, 0.25) is 0 Å². The number of nitrogens with two attached hydrogens (primary N) is 1. The van der Waals surface area contributed by atoms with Gasteiger partial charge in [-0.25, -0.2) is 18.7 Å². The Kier molecular flexibility index (Phi) is 4.84. The van der Waals surface area contributed by atoms with E-state index in [1.54, 1.807) is 10.9 Å². The van der Waals surface area contributed by atoms with Crippen LogP contribution in [0.25, 0.3) is 33.3 Å². The Morgan fingerprint density at radius 3 is 2.78 bits per heavy atom. The maximum Gasteiger partial charge on any atom is 0.177 e. The van der Waals surface area contributed by atoms with Crippen molar-refractivity contribution < 1.29 is 8.78 Å². The maximum atomic E-state index is 14.7. The second-order valence-electron chi connectivity index (χ2n) is 9.95. The average Bonchev–Trinajstić information content (AvgIpc) is 3.13. The van der Waals surface area contributed by atoms with Crippen LogP contribution in [-0.4, -0.2) is 49.6 Å². The maximum absolute atomic E-state index is 14.7. The summed E-state index contributed by atoms with van der Waals surface area (Å²) in [6, 6.07) is 7.80. The van der Waals surface area contributed by atoms with Crippen LogP contribution in [0.4, 0.5) is 14.6 Å². The van der Waals surface area contributed by atoms with Gasteiger partial charge in [0.25, 0.3) is 0 Å². The van der Waals surface area contributed by atoms with Crippen molar-refractivity contribution in [2.45, 2.75) is 11.8 Å². The summed E-state index contributed by atoms with van der Waals surface area (Å²) in [5.41, 5.74) is 8.90. The van der Waals surface area contributed by atoms with E-state index >= 15 is 0 Å². The van der Waals surface area contributed by atoms with Gasteiger partial charge in [-0.3, -0.25) is 9.78 Å². The molecule has 0 amide bonds. The summed E-state index contributed by atoms with van der Waals surface area (Å²) in [5.74, 6) is -0.194. The lowest BCUT2D eigenvalue weighted by Crippen LogP contribution is -2.33. The second kappa shape index (κ2) is 7.93. The fourth-order valence-electron chi connectivity index (χ4n) is 6.40. The summed E-state index contributed by atoms with van der Waals surface area (Å²) < 4.78 is 31.1. The van der Waals surface area contributed by atoms with E-state index in [0.29, 0.717) is 40.8 Å². The third kappa shape index (κ3) is 3.15. The van der Waals surface area contributed by atoms with Crippen LogP contribution in [0.3, 0.4) is 0 Å². The first-order chi connectivity index (χ1) is 17.9. The van der Waals surface area contributed by atoms with Gasteiger partial charge in [0.05, 0.1) is 16.7 Å². The SMILES string of the molecule is Cn1cc2c(Cl)c(-c3n[nH]c4nc(N5CC[C@@H]6[C@H](C5)[C@@]6(CN)c5c(F)cccc5F)cnc34)ccc2n1. The number of benzene rings is 2. The smallest absolute Gasteiger partial charge is 0.177 e. The molecule has 0 spiro atoms. The number of anilines is 1. The summed E-state index contributed by atoms with van der Waals surface area (Å²) in [6.45, 7) is 1.49. The van der Waals surface area contributed by atoms with Gasteiger partial charge >= 0.3 is 0 Å². The number of nitrogens with one attached hydrogen (secondary N) is 1. The highest BCUT2D eigenvalue weighted by atomic mass is 35.5. The number of nitrogens with zero attached hydrogens (tertiary/aromatic N) is 6. The summed E-state index contributed by atoms with van der Waals surface area (Å²) in [4.78, 5) is 11.6. The molecule has 188 valence electrons. The van der Waals surface area contributed by atoms with Crippen LogP contribution in [0.2, 0.25) is 5.02 Å². The van der Waals surface area contributed by atoms with Gasteiger partial charge in [0.1, 0.15) is 28.7 Å². The minimum Gasteiger partial charge on any atom is -0.355 e. The summed E-state index contributed by atoms with van der Waals surface area (Å²) in [7, 11) is 1.85. The molecule has 5 aromatic rings. The van der Waals surface area contributed by atoms with Crippen LogP contribution in [0.15, 0.2) is 42.7 Å². The highest BCUT2D eigenvalue weighted by Crippen LogP contribution is 2.64. The Morgan fingerprint density at radius 1 is 1.19 bits per heavy atom. The van der Waals surface area contributed by atoms with Gasteiger partial charge < -0.3 is 10.6 Å². The molecule has 1 saturated carbocycles. The molecular weight excluding hydrogens is 498 g/mol. The van der Waals surface area contributed by atoms with Crippen molar-refractivity contribution in [3.8, 4) is 11.3 Å². The zero-order chi connectivity index (χ0) is 25.5. The van der Waals surface area contributed by atoms with Crippen molar-refractivity contribution in [3.63, 3.8) is 0 Å². The van der Waals surface area contributed by atoms with Gasteiger partial charge in [0.15, 0.2) is 5.65 Å². The Bertz CT molecular complexity index is 1680. The van der Waals surface area contributed by atoms with Crippen LogP contribution in [0.1, 0.15) is 12.0 Å². The largest absolute Gasteiger partial charge is 0.355 e. The lowest BCUT2D eigenvalue weighted by molar-refractivity contribution is 0.488. The molecule has 2 fully saturated rings. The molecule has 4 heterocycles. The Labute approximate surface area is 215 Å². The predicted molar refractivity (Wildman–Crippen MR) is 137 cm³/mol. The predicted octanol–water partition coefficient (Wildman–Crippen LogP) is 4.19. The zero-order valence-electron chi connectivity index (χ0n) is 19.9. The van der Waals surface area contributed by atoms with Crippen molar-refractivity contribution >= 4 is 39.5 Å². The number of piperidine rings is 1. The molecule has 1 saturated heterocycles. The first-order valence-electron chi connectivity index (χ1n) is 12.1. The standard InChI is InChI=1S/C26H23ClF2N8/c1-36-10-14-19(35-36)6-5-13(22(14)27)23-24-25(34-33-23)32-20(9-31-24)37-8-7-15-16(11-37)26(15,12-30)21-17(28)3-2-4-18(21)29/h2-6,9-10,15-16H,7-8,11-12,30H2,1H3,(H,32,33,34)/t15-,16+,26+/m1/s1. The van der Waals surface area contributed by atoms with Crippen molar-refractivity contribution in [1.82, 2.24) is 29.9 Å². The fourth-order valence-corrected chi connectivity index (χ4v) is 6.70. The quantitative estimate of drug-likeness (QED) is 0.368. The molecule has 2 aromatic carbocycles. The first kappa shape index (κ1) is 22.6. The van der Waals surface area contributed by atoms with E-state index in [9.17, 15) is 8.78 Å². The number of fused-ring (bicyclic) bond motifs is 3. The first-order valence-corrected chi connectivity index (χ1v) is 12.5. The number of aromatic nitrogens is 6. The van der Waals surface area contributed by atoms with Gasteiger partial charge in [-0.05, 0) is 42.5 Å². The highest BCUT2D eigenvalue weighted by molar-refractivity contribution is 6.38. The Morgan fingerprint density at radius 2 is 2.00 bits per heavy atom. The molecule has 0 unspecified atom stereocenters. The van der Waals surface area contributed by atoms with Crippen molar-refractivity contribution in [2.75, 3.05) is 24.5 Å². The van der Waals surface area contributed by atoms with Crippen LogP contribution in [0, 0.1) is 23.5 Å². The average molecular weight is 521 g/mol. The van der Waals surface area contributed by atoms with Gasteiger partial charge in [0, 0.05) is 54.8 Å². The number of halogens is 3. The number of hydrogen-bond acceptors (Lipinski definition) is 6. The molecule has 7 rings (SSSR count). The summed E-state index contributed by atoms with van der Waals surface area (Å²) in [6.07, 6.45) is 4.36. The van der Waals surface area contributed by atoms with E-state index in [0.717, 1.165) is 22.9 Å². The van der Waals surface area contributed by atoms with E-state index in [1.807, 2.05) is 25.4 Å². The van der Waals surface area contributed by atoms with Gasteiger partial charge in [-0.2, -0.15) is 10.2 Å². The fraction of sp³-hybridized carbons (Fsp3) is 0.308. The minimum atomic E-state index is -0.690. The molecule has 3 N–H and O–H groups in total. The number of aromatic amines is 1. The third-order valence-corrected chi connectivity index (χ3v) is 8.58. The molecule has 1 aliphatic carbocycles. The monoisotopic (exact) mass is 520 g/mol. The Balaban J connectivity index is 1.20. The van der Waals surface area contributed by atoms with Crippen LogP contribution in [0.5, 0.6) is 0 Å². The van der Waals surface area contributed by atoms with Crippen LogP contribution < -0.4 is 10.6 Å². The lowest BCUT2D eigenvalue weighted by Gasteiger charge is -2.26. The number of hydrogen-bond donors (Lipinski definition) is 2. The molecular formula is C26H23ClF2N8. The molecule has 3 atom stereocenters. The van der Waals surface area contributed by atoms with Crippen molar-refractivity contribution in [1.29, 1.82) is 0 Å². The van der Waals surface area contributed by atoms with E-state index in [-0.39, 0.29) is 23.9 Å². The molecule has 8 nitrogen and oxygen atoms in total. The van der Waals surface area contributed by atoms with E-state index in [4.69, 9.17) is 22.3 Å². The second-order valence-corrected chi connectivity index (χ2v) is 10.3. The number of rotatable bonds is 4. The summed E-state index contributed by atoms with van der Waals surface area (Å²) in [5, 5.41) is 13.2. The molecule has 1 aliphatic heterocycles. The third-order valence-electron chi connectivity index (χ3n) is 8.17. The Hall–Kier alpha value is -3.63. The molecule has 3 aromatic heterocycles. The van der Waals surface area contributed by atoms with E-state index < -0.39 is 17.0 Å². The lowest BCUT2D eigenvalue weighted by atomic mass is 9.90. The normalized spacial score (nSPS) is 23.1. The minimum absolute atomic E-state index is 0.0393. The topological polar surface area (TPSA) is 102 Å². The number of aryl methyl sites for hydroxylation is 1. The number of H-pyrrole nitrogens is 1. The van der Waals surface area contributed by atoms with E-state index in [1.165, 1.54) is 18.2 Å².